The molecule has 0 saturated carbocycles. The van der Waals surface area contributed by atoms with Crippen LogP contribution < -0.4 is 0 Å². The minimum absolute atomic E-state index is 0.0329. The molecule has 0 aliphatic carbocycles. The summed E-state index contributed by atoms with van der Waals surface area (Å²) < 4.78 is 5.02. The van der Waals surface area contributed by atoms with E-state index < -0.39 is 0 Å². The van der Waals surface area contributed by atoms with Crippen molar-refractivity contribution < 1.29 is 9.53 Å². The second-order valence-corrected chi connectivity index (χ2v) is 5.40. The quantitative estimate of drug-likeness (QED) is 0.782. The number of carbonyl (C=O) groups excluding carboxylic acids is 1. The fourth-order valence-corrected chi connectivity index (χ4v) is 2.23. The molecule has 1 aromatic rings. The lowest BCUT2D eigenvalue weighted by Crippen LogP contribution is -2.33. The lowest BCUT2D eigenvalue weighted by Gasteiger charge is -2.20. The van der Waals surface area contributed by atoms with Crippen LogP contribution in [0.4, 0.5) is 0 Å². The Balaban J connectivity index is 2.60. The van der Waals surface area contributed by atoms with Crippen LogP contribution in [-0.4, -0.2) is 42.9 Å². The highest BCUT2D eigenvalue weighted by molar-refractivity contribution is 9.09. The van der Waals surface area contributed by atoms with Crippen molar-refractivity contribution in [2.45, 2.75) is 11.8 Å². The zero-order valence-electron chi connectivity index (χ0n) is 10.4. The first-order valence-corrected chi connectivity index (χ1v) is 6.41. The summed E-state index contributed by atoms with van der Waals surface area (Å²) in [6, 6.07) is 7.60. The number of ether oxygens (including phenoxy) is 1. The largest absolute Gasteiger partial charge is 0.383 e. The SMILES string of the molecule is COCC(Br)CN(C)C(=O)c1ccc(C)cc1. The van der Waals surface area contributed by atoms with Gasteiger partial charge in [-0.1, -0.05) is 33.6 Å². The number of benzene rings is 1. The third-order valence-electron chi connectivity index (χ3n) is 2.46. The lowest BCUT2D eigenvalue weighted by molar-refractivity contribution is 0.0784. The van der Waals surface area contributed by atoms with Gasteiger partial charge in [0.25, 0.3) is 5.91 Å². The Bertz CT molecular complexity index is 364. The van der Waals surface area contributed by atoms with Crippen molar-refractivity contribution in [3.8, 4) is 0 Å². The molecule has 3 nitrogen and oxygen atoms in total. The molecular formula is C13H18BrNO2. The number of aryl methyl sites for hydroxylation is 1. The molecule has 4 heteroatoms. The van der Waals surface area contributed by atoms with Crippen LogP contribution in [0, 0.1) is 6.92 Å². The predicted octanol–water partition coefficient (Wildman–Crippen LogP) is 2.48. The van der Waals surface area contributed by atoms with E-state index in [1.54, 1.807) is 19.1 Å². The number of carbonyl (C=O) groups is 1. The van der Waals surface area contributed by atoms with Gasteiger partial charge in [0, 0.05) is 26.3 Å². The van der Waals surface area contributed by atoms with E-state index in [0.29, 0.717) is 13.2 Å². The van der Waals surface area contributed by atoms with Crippen LogP contribution in [0.2, 0.25) is 0 Å². The molecule has 1 unspecified atom stereocenters. The standard InChI is InChI=1S/C13H18BrNO2/c1-10-4-6-11(7-5-10)13(16)15(2)8-12(14)9-17-3/h4-7,12H,8-9H2,1-3H3. The van der Waals surface area contributed by atoms with Crippen molar-refractivity contribution in [2.24, 2.45) is 0 Å². The first-order valence-electron chi connectivity index (χ1n) is 5.49. The van der Waals surface area contributed by atoms with Crippen molar-refractivity contribution >= 4 is 21.8 Å². The summed E-state index contributed by atoms with van der Waals surface area (Å²) in [6.45, 7) is 3.22. The van der Waals surface area contributed by atoms with Gasteiger partial charge < -0.3 is 9.64 Å². The van der Waals surface area contributed by atoms with E-state index in [2.05, 4.69) is 15.9 Å². The molecule has 94 valence electrons. The summed E-state index contributed by atoms with van der Waals surface area (Å²) in [5, 5.41) is 0. The highest BCUT2D eigenvalue weighted by atomic mass is 79.9. The molecule has 1 amide bonds. The van der Waals surface area contributed by atoms with Crippen LogP contribution in [0.5, 0.6) is 0 Å². The minimum Gasteiger partial charge on any atom is -0.383 e. The number of methoxy groups -OCH3 is 1. The predicted molar refractivity (Wildman–Crippen MR) is 72.7 cm³/mol. The molecule has 0 heterocycles. The van der Waals surface area contributed by atoms with Crippen molar-refractivity contribution in [3.05, 3.63) is 35.4 Å². The fraction of sp³-hybridized carbons (Fsp3) is 0.462. The summed E-state index contributed by atoms with van der Waals surface area (Å²) in [6.07, 6.45) is 0. The monoisotopic (exact) mass is 299 g/mol. The summed E-state index contributed by atoms with van der Waals surface area (Å²) in [7, 11) is 3.45. The van der Waals surface area contributed by atoms with Gasteiger partial charge in [0.05, 0.1) is 11.4 Å². The molecule has 0 aliphatic rings. The maximum Gasteiger partial charge on any atom is 0.253 e. The van der Waals surface area contributed by atoms with Crippen LogP contribution in [0.1, 0.15) is 15.9 Å². The first-order chi connectivity index (χ1) is 8.04. The summed E-state index contributed by atoms with van der Waals surface area (Å²) >= 11 is 3.47. The third kappa shape index (κ3) is 4.48. The average molecular weight is 300 g/mol. The van der Waals surface area contributed by atoms with Crippen LogP contribution in [0.15, 0.2) is 24.3 Å². The number of hydrogen-bond donors (Lipinski definition) is 0. The Labute approximate surface area is 111 Å². The molecule has 0 saturated heterocycles. The van der Waals surface area contributed by atoms with Crippen LogP contribution in [0.3, 0.4) is 0 Å². The van der Waals surface area contributed by atoms with E-state index in [9.17, 15) is 4.79 Å². The van der Waals surface area contributed by atoms with E-state index in [1.807, 2.05) is 31.2 Å². The summed E-state index contributed by atoms with van der Waals surface area (Å²) in [5.74, 6) is 0.0329. The number of amides is 1. The van der Waals surface area contributed by atoms with Gasteiger partial charge in [0.1, 0.15) is 0 Å². The maximum atomic E-state index is 12.1. The number of alkyl halides is 1. The summed E-state index contributed by atoms with van der Waals surface area (Å²) in [4.78, 5) is 13.9. The van der Waals surface area contributed by atoms with Crippen LogP contribution in [-0.2, 0) is 4.74 Å². The third-order valence-corrected chi connectivity index (χ3v) is 3.02. The molecule has 0 aromatic heterocycles. The highest BCUT2D eigenvalue weighted by Crippen LogP contribution is 2.08. The number of nitrogens with zero attached hydrogens (tertiary/aromatic N) is 1. The van der Waals surface area contributed by atoms with Gasteiger partial charge in [0.15, 0.2) is 0 Å². The molecule has 1 aromatic carbocycles. The highest BCUT2D eigenvalue weighted by Gasteiger charge is 2.14. The maximum absolute atomic E-state index is 12.1. The van der Waals surface area contributed by atoms with Crippen LogP contribution in [0.25, 0.3) is 0 Å². The average Bonchev–Trinajstić information content (AvgIpc) is 2.29. The molecule has 0 N–H and O–H groups in total. The Morgan fingerprint density at radius 2 is 2.00 bits per heavy atom. The smallest absolute Gasteiger partial charge is 0.253 e. The van der Waals surface area contributed by atoms with E-state index in [0.717, 1.165) is 11.1 Å². The van der Waals surface area contributed by atoms with E-state index in [-0.39, 0.29) is 10.7 Å². The lowest BCUT2D eigenvalue weighted by atomic mass is 10.1. The second kappa shape index (κ2) is 6.77. The zero-order chi connectivity index (χ0) is 12.8. The Morgan fingerprint density at radius 3 is 2.53 bits per heavy atom. The van der Waals surface area contributed by atoms with Gasteiger partial charge in [0.2, 0.25) is 0 Å². The van der Waals surface area contributed by atoms with E-state index in [4.69, 9.17) is 4.74 Å². The molecule has 0 radical (unpaired) electrons. The Morgan fingerprint density at radius 1 is 1.41 bits per heavy atom. The molecule has 17 heavy (non-hydrogen) atoms. The normalized spacial score (nSPS) is 12.2. The van der Waals surface area contributed by atoms with Gasteiger partial charge >= 0.3 is 0 Å². The topological polar surface area (TPSA) is 29.5 Å². The van der Waals surface area contributed by atoms with Gasteiger partial charge in [-0.2, -0.15) is 0 Å². The molecule has 0 fully saturated rings. The van der Waals surface area contributed by atoms with Crippen molar-refractivity contribution in [3.63, 3.8) is 0 Å². The zero-order valence-corrected chi connectivity index (χ0v) is 12.0. The van der Waals surface area contributed by atoms with E-state index in [1.165, 1.54) is 0 Å². The van der Waals surface area contributed by atoms with Crippen molar-refractivity contribution in [2.75, 3.05) is 27.3 Å². The molecule has 0 aliphatic heterocycles. The molecule has 0 spiro atoms. The molecule has 1 atom stereocenters. The van der Waals surface area contributed by atoms with Gasteiger partial charge in [-0.15, -0.1) is 0 Å². The van der Waals surface area contributed by atoms with Gasteiger partial charge in [-0.05, 0) is 19.1 Å². The van der Waals surface area contributed by atoms with E-state index >= 15 is 0 Å². The fourth-order valence-electron chi connectivity index (χ4n) is 1.53. The Kier molecular flexibility index (Phi) is 5.65. The van der Waals surface area contributed by atoms with Crippen molar-refractivity contribution in [1.82, 2.24) is 4.90 Å². The number of hydrogen-bond acceptors (Lipinski definition) is 2. The summed E-state index contributed by atoms with van der Waals surface area (Å²) in [5.41, 5.74) is 1.87. The Hall–Kier alpha value is -0.870. The minimum atomic E-state index is 0.0329. The molecule has 0 bridgehead atoms. The van der Waals surface area contributed by atoms with Crippen molar-refractivity contribution in [1.29, 1.82) is 0 Å². The first kappa shape index (κ1) is 14.2. The number of rotatable bonds is 5. The second-order valence-electron chi connectivity index (χ2n) is 4.10. The van der Waals surface area contributed by atoms with Gasteiger partial charge in [-0.25, -0.2) is 0 Å². The van der Waals surface area contributed by atoms with Gasteiger partial charge in [-0.3, -0.25) is 4.79 Å². The number of halogens is 1. The van der Waals surface area contributed by atoms with Crippen LogP contribution >= 0.6 is 15.9 Å². The molecule has 1 rings (SSSR count). The molecular weight excluding hydrogens is 282 g/mol.